The van der Waals surface area contributed by atoms with Gasteiger partial charge in [0.2, 0.25) is 5.76 Å². The van der Waals surface area contributed by atoms with Crippen LogP contribution in [0.3, 0.4) is 0 Å². The number of rotatable bonds is 4. The molecule has 0 aromatic carbocycles. The summed E-state index contributed by atoms with van der Waals surface area (Å²) in [7, 11) is 0. The first-order chi connectivity index (χ1) is 7.76. The van der Waals surface area contributed by atoms with E-state index in [4.69, 9.17) is 9.15 Å². The van der Waals surface area contributed by atoms with Gasteiger partial charge in [0.15, 0.2) is 5.89 Å². The number of hydrogen-bond donors (Lipinski definition) is 0. The third-order valence-electron chi connectivity index (χ3n) is 2.96. The van der Waals surface area contributed by atoms with E-state index in [1.54, 1.807) is 6.92 Å². The number of esters is 1. The minimum atomic E-state index is -0.391. The molecule has 0 N–H and O–H groups in total. The van der Waals surface area contributed by atoms with E-state index < -0.39 is 5.97 Å². The van der Waals surface area contributed by atoms with Crippen LogP contribution in [-0.2, 0) is 11.2 Å². The average molecular weight is 223 g/mol. The Labute approximate surface area is 95.0 Å². The Hall–Kier alpha value is -1.32. The van der Waals surface area contributed by atoms with Crippen molar-refractivity contribution < 1.29 is 13.9 Å². The predicted octanol–water partition coefficient (Wildman–Crippen LogP) is 2.68. The summed E-state index contributed by atoms with van der Waals surface area (Å²) in [6, 6.07) is 0. The van der Waals surface area contributed by atoms with E-state index in [0.29, 0.717) is 30.6 Å². The molecule has 4 heteroatoms. The topological polar surface area (TPSA) is 52.3 Å². The lowest BCUT2D eigenvalue weighted by molar-refractivity contribution is 0.0484. The van der Waals surface area contributed by atoms with Crippen molar-refractivity contribution >= 4 is 5.97 Å². The normalized spacial score (nSPS) is 15.9. The van der Waals surface area contributed by atoms with Crippen LogP contribution in [0.4, 0.5) is 0 Å². The highest BCUT2D eigenvalue weighted by molar-refractivity contribution is 5.87. The fourth-order valence-corrected chi connectivity index (χ4v) is 1.80. The summed E-state index contributed by atoms with van der Waals surface area (Å²) in [4.78, 5) is 16.0. The highest BCUT2D eigenvalue weighted by atomic mass is 16.5. The van der Waals surface area contributed by atoms with E-state index in [9.17, 15) is 4.79 Å². The smallest absolute Gasteiger partial charge is 0.376 e. The van der Waals surface area contributed by atoms with Gasteiger partial charge in [-0.25, -0.2) is 9.78 Å². The predicted molar refractivity (Wildman–Crippen MR) is 58.4 cm³/mol. The van der Waals surface area contributed by atoms with E-state index in [0.717, 1.165) is 18.5 Å². The Kier molecular flexibility index (Phi) is 3.27. The Balaban J connectivity index is 2.21. The van der Waals surface area contributed by atoms with Gasteiger partial charge in [-0.2, -0.15) is 0 Å². The van der Waals surface area contributed by atoms with E-state index in [1.165, 1.54) is 6.42 Å². The molecule has 0 saturated heterocycles. The summed E-state index contributed by atoms with van der Waals surface area (Å²) in [6.07, 6.45) is 4.16. The highest BCUT2D eigenvalue weighted by Gasteiger charge is 2.28. The van der Waals surface area contributed by atoms with E-state index in [-0.39, 0.29) is 0 Å². The number of carbonyl (C=O) groups is 1. The van der Waals surface area contributed by atoms with Crippen LogP contribution >= 0.6 is 0 Å². The van der Waals surface area contributed by atoms with E-state index in [1.807, 2.05) is 6.92 Å². The Morgan fingerprint density at radius 3 is 2.75 bits per heavy atom. The van der Waals surface area contributed by atoms with Crippen molar-refractivity contribution in [2.75, 3.05) is 6.61 Å². The quantitative estimate of drug-likeness (QED) is 0.736. The molecule has 2 rings (SSSR count). The largest absolute Gasteiger partial charge is 0.460 e. The molecule has 0 amide bonds. The molecule has 16 heavy (non-hydrogen) atoms. The molecule has 0 spiro atoms. The maximum atomic E-state index is 11.6. The molecule has 0 radical (unpaired) electrons. The van der Waals surface area contributed by atoms with Gasteiger partial charge in [0.25, 0.3) is 0 Å². The number of carbonyl (C=O) groups excluding carboxylic acids is 1. The Morgan fingerprint density at radius 2 is 2.25 bits per heavy atom. The van der Waals surface area contributed by atoms with Crippen molar-refractivity contribution in [2.24, 2.45) is 0 Å². The SMILES string of the molecule is CCOC(=O)c1oc(C2CCC2)nc1CC. The van der Waals surface area contributed by atoms with Crippen LogP contribution in [0.15, 0.2) is 4.42 Å². The number of oxazole rings is 1. The van der Waals surface area contributed by atoms with Gasteiger partial charge in [0, 0.05) is 5.92 Å². The molecule has 1 aliphatic carbocycles. The summed E-state index contributed by atoms with van der Waals surface area (Å²) in [5.41, 5.74) is 0.723. The molecule has 1 aliphatic rings. The number of aryl methyl sites for hydroxylation is 1. The second kappa shape index (κ2) is 4.68. The zero-order chi connectivity index (χ0) is 11.5. The molecule has 0 unspecified atom stereocenters. The van der Waals surface area contributed by atoms with Crippen LogP contribution in [0.25, 0.3) is 0 Å². The second-order valence-corrected chi connectivity index (χ2v) is 4.03. The fraction of sp³-hybridized carbons (Fsp3) is 0.667. The monoisotopic (exact) mass is 223 g/mol. The summed E-state index contributed by atoms with van der Waals surface area (Å²) in [5.74, 6) is 1.03. The van der Waals surface area contributed by atoms with Crippen LogP contribution in [0.1, 0.15) is 61.2 Å². The second-order valence-electron chi connectivity index (χ2n) is 4.03. The van der Waals surface area contributed by atoms with E-state index >= 15 is 0 Å². The third-order valence-corrected chi connectivity index (χ3v) is 2.96. The zero-order valence-corrected chi connectivity index (χ0v) is 9.78. The first kappa shape index (κ1) is 11.2. The van der Waals surface area contributed by atoms with Gasteiger partial charge in [-0.05, 0) is 26.2 Å². The van der Waals surface area contributed by atoms with Crippen LogP contribution in [0, 0.1) is 0 Å². The summed E-state index contributed by atoms with van der Waals surface area (Å²) in [6.45, 7) is 4.11. The zero-order valence-electron chi connectivity index (χ0n) is 9.78. The lowest BCUT2D eigenvalue weighted by Crippen LogP contribution is -2.08. The van der Waals surface area contributed by atoms with Crippen molar-refractivity contribution in [1.29, 1.82) is 0 Å². The van der Waals surface area contributed by atoms with Crippen LogP contribution in [0.5, 0.6) is 0 Å². The van der Waals surface area contributed by atoms with E-state index in [2.05, 4.69) is 4.98 Å². The maximum absolute atomic E-state index is 11.6. The summed E-state index contributed by atoms with van der Waals surface area (Å²) >= 11 is 0. The maximum Gasteiger partial charge on any atom is 0.376 e. The van der Waals surface area contributed by atoms with Crippen molar-refractivity contribution in [2.45, 2.75) is 45.4 Å². The molecule has 1 saturated carbocycles. The molecule has 0 bridgehead atoms. The van der Waals surface area contributed by atoms with Gasteiger partial charge in [-0.3, -0.25) is 0 Å². The van der Waals surface area contributed by atoms with Crippen LogP contribution < -0.4 is 0 Å². The number of nitrogens with zero attached hydrogens (tertiary/aromatic N) is 1. The summed E-state index contributed by atoms with van der Waals surface area (Å²) < 4.78 is 10.5. The van der Waals surface area contributed by atoms with Gasteiger partial charge < -0.3 is 9.15 Å². The van der Waals surface area contributed by atoms with Gasteiger partial charge >= 0.3 is 5.97 Å². The standard InChI is InChI=1S/C12H17NO3/c1-3-9-10(12(14)15-4-2)16-11(13-9)8-6-5-7-8/h8H,3-7H2,1-2H3. The molecule has 0 atom stereocenters. The minimum absolute atomic E-state index is 0.297. The van der Waals surface area contributed by atoms with Gasteiger partial charge in [0.05, 0.1) is 12.3 Å². The molecular weight excluding hydrogens is 206 g/mol. The fourth-order valence-electron chi connectivity index (χ4n) is 1.80. The number of aromatic nitrogens is 1. The van der Waals surface area contributed by atoms with Gasteiger partial charge in [-0.1, -0.05) is 13.3 Å². The number of hydrogen-bond acceptors (Lipinski definition) is 4. The van der Waals surface area contributed by atoms with Gasteiger partial charge in [0.1, 0.15) is 0 Å². The molecule has 1 aromatic rings. The minimum Gasteiger partial charge on any atom is -0.460 e. The molecule has 0 aliphatic heterocycles. The van der Waals surface area contributed by atoms with Crippen LogP contribution in [0.2, 0.25) is 0 Å². The Bertz CT molecular complexity index is 380. The lowest BCUT2D eigenvalue weighted by Gasteiger charge is -2.21. The first-order valence-electron chi connectivity index (χ1n) is 5.93. The first-order valence-corrected chi connectivity index (χ1v) is 5.93. The Morgan fingerprint density at radius 1 is 1.50 bits per heavy atom. The molecule has 4 nitrogen and oxygen atoms in total. The third kappa shape index (κ3) is 1.96. The average Bonchev–Trinajstić information content (AvgIpc) is 2.59. The van der Waals surface area contributed by atoms with Crippen molar-refractivity contribution in [3.8, 4) is 0 Å². The molecule has 1 fully saturated rings. The molecule has 1 heterocycles. The molecule has 1 aromatic heterocycles. The van der Waals surface area contributed by atoms with Gasteiger partial charge in [-0.15, -0.1) is 0 Å². The van der Waals surface area contributed by atoms with Crippen molar-refractivity contribution in [3.05, 3.63) is 17.3 Å². The lowest BCUT2D eigenvalue weighted by atomic mass is 9.85. The summed E-state index contributed by atoms with van der Waals surface area (Å²) in [5, 5.41) is 0. The molecular formula is C12H17NO3. The highest BCUT2D eigenvalue weighted by Crippen LogP contribution is 2.36. The van der Waals surface area contributed by atoms with Crippen LogP contribution in [-0.4, -0.2) is 17.6 Å². The van der Waals surface area contributed by atoms with Crippen molar-refractivity contribution in [3.63, 3.8) is 0 Å². The molecule has 88 valence electrons. The van der Waals surface area contributed by atoms with Crippen molar-refractivity contribution in [1.82, 2.24) is 4.98 Å². The number of ether oxygens (including phenoxy) is 1.